The summed E-state index contributed by atoms with van der Waals surface area (Å²) in [7, 11) is 0. The molecular formula is C18H17Cl2N5O2. The Labute approximate surface area is 166 Å². The Kier molecular flexibility index (Phi) is 4.99. The molecule has 0 aliphatic carbocycles. The molecule has 0 N–H and O–H groups in total. The van der Waals surface area contributed by atoms with Gasteiger partial charge in [0.05, 0.1) is 28.2 Å². The maximum atomic E-state index is 12.9. The van der Waals surface area contributed by atoms with Crippen LogP contribution < -0.4 is 9.80 Å². The van der Waals surface area contributed by atoms with Crippen LogP contribution in [-0.2, 0) is 9.59 Å². The number of anilines is 2. The van der Waals surface area contributed by atoms with Crippen molar-refractivity contribution in [1.82, 2.24) is 14.9 Å². The molecule has 2 aromatic rings. The lowest BCUT2D eigenvalue weighted by atomic mass is 10.2. The molecule has 0 bridgehead atoms. The van der Waals surface area contributed by atoms with Crippen LogP contribution in [0.1, 0.15) is 6.42 Å². The highest BCUT2D eigenvalue weighted by Crippen LogP contribution is 2.31. The molecule has 1 atom stereocenters. The monoisotopic (exact) mass is 405 g/mol. The zero-order valence-corrected chi connectivity index (χ0v) is 15.9. The number of hydrogen-bond donors (Lipinski definition) is 0. The Balaban J connectivity index is 1.45. The second-order valence-electron chi connectivity index (χ2n) is 6.46. The third-order valence-electron chi connectivity index (χ3n) is 4.87. The van der Waals surface area contributed by atoms with E-state index in [2.05, 4.69) is 19.8 Å². The quantitative estimate of drug-likeness (QED) is 0.729. The first-order chi connectivity index (χ1) is 13.0. The summed E-state index contributed by atoms with van der Waals surface area (Å²) < 4.78 is 0. The molecule has 0 radical (unpaired) electrons. The van der Waals surface area contributed by atoms with E-state index >= 15 is 0 Å². The van der Waals surface area contributed by atoms with E-state index in [1.54, 1.807) is 36.7 Å². The molecule has 2 aliphatic heterocycles. The topological polar surface area (TPSA) is 69.6 Å². The first-order valence-electron chi connectivity index (χ1n) is 8.62. The Morgan fingerprint density at radius 3 is 2.33 bits per heavy atom. The molecule has 2 aliphatic rings. The average Bonchev–Trinajstić information content (AvgIpc) is 2.99. The van der Waals surface area contributed by atoms with Gasteiger partial charge in [-0.05, 0) is 24.3 Å². The zero-order chi connectivity index (χ0) is 19.0. The third kappa shape index (κ3) is 3.50. The lowest BCUT2D eigenvalue weighted by Gasteiger charge is -2.36. The van der Waals surface area contributed by atoms with Gasteiger partial charge < -0.3 is 4.90 Å². The fraction of sp³-hybridized carbons (Fsp3) is 0.333. The molecule has 2 saturated heterocycles. The summed E-state index contributed by atoms with van der Waals surface area (Å²) in [5, 5.41) is 0.699. The van der Waals surface area contributed by atoms with E-state index in [1.807, 2.05) is 0 Å². The maximum absolute atomic E-state index is 12.9. The molecule has 2 amide bonds. The molecule has 2 fully saturated rings. The molecule has 0 saturated carbocycles. The van der Waals surface area contributed by atoms with Crippen LogP contribution in [0.3, 0.4) is 0 Å². The molecule has 0 unspecified atom stereocenters. The van der Waals surface area contributed by atoms with Crippen molar-refractivity contribution in [3.8, 4) is 0 Å². The van der Waals surface area contributed by atoms with Crippen molar-refractivity contribution >= 4 is 46.7 Å². The van der Waals surface area contributed by atoms with Crippen LogP contribution in [0.15, 0.2) is 36.7 Å². The molecule has 0 spiro atoms. The molecule has 1 aromatic heterocycles. The van der Waals surface area contributed by atoms with Gasteiger partial charge in [0, 0.05) is 38.6 Å². The van der Waals surface area contributed by atoms with Crippen LogP contribution in [0.25, 0.3) is 0 Å². The smallest absolute Gasteiger partial charge is 0.251 e. The Hall–Kier alpha value is -2.22. The van der Waals surface area contributed by atoms with Crippen LogP contribution in [-0.4, -0.2) is 58.9 Å². The number of carbonyl (C=O) groups excluding carboxylic acids is 2. The van der Waals surface area contributed by atoms with Crippen molar-refractivity contribution in [2.45, 2.75) is 12.5 Å². The van der Waals surface area contributed by atoms with E-state index in [-0.39, 0.29) is 18.2 Å². The van der Waals surface area contributed by atoms with Gasteiger partial charge in [0.15, 0.2) is 0 Å². The molecule has 3 heterocycles. The Bertz CT molecular complexity index is 871. The number of carbonyl (C=O) groups is 2. The fourth-order valence-electron chi connectivity index (χ4n) is 3.48. The number of imide groups is 1. The van der Waals surface area contributed by atoms with Crippen LogP contribution in [0.4, 0.5) is 11.6 Å². The summed E-state index contributed by atoms with van der Waals surface area (Å²) in [5.74, 6) is 0.239. The van der Waals surface area contributed by atoms with Gasteiger partial charge in [0.1, 0.15) is 0 Å². The summed E-state index contributed by atoms with van der Waals surface area (Å²) >= 11 is 12.0. The lowest BCUT2D eigenvalue weighted by Crippen LogP contribution is -2.53. The van der Waals surface area contributed by atoms with Crippen LogP contribution in [0.5, 0.6) is 0 Å². The second-order valence-corrected chi connectivity index (χ2v) is 7.27. The van der Waals surface area contributed by atoms with Crippen molar-refractivity contribution in [3.63, 3.8) is 0 Å². The van der Waals surface area contributed by atoms with Gasteiger partial charge in [-0.25, -0.2) is 14.9 Å². The van der Waals surface area contributed by atoms with Crippen molar-refractivity contribution in [1.29, 1.82) is 0 Å². The van der Waals surface area contributed by atoms with Crippen LogP contribution >= 0.6 is 23.2 Å². The summed E-state index contributed by atoms with van der Waals surface area (Å²) in [6.07, 6.45) is 3.59. The highest BCUT2D eigenvalue weighted by Gasteiger charge is 2.43. The molecule has 27 heavy (non-hydrogen) atoms. The van der Waals surface area contributed by atoms with E-state index < -0.39 is 6.04 Å². The lowest BCUT2D eigenvalue weighted by molar-refractivity contribution is -0.123. The molecule has 140 valence electrons. The number of piperazine rings is 1. The second kappa shape index (κ2) is 7.42. The maximum Gasteiger partial charge on any atom is 0.251 e. The van der Waals surface area contributed by atoms with Gasteiger partial charge in [0.25, 0.3) is 5.91 Å². The van der Waals surface area contributed by atoms with E-state index in [4.69, 9.17) is 23.2 Å². The number of hydrogen-bond acceptors (Lipinski definition) is 6. The zero-order valence-electron chi connectivity index (χ0n) is 14.4. The SMILES string of the molecule is O=C1C[C@@H](N2CCN(c3ncccn3)CC2)C(=O)N1c1ccc(Cl)c(Cl)c1. The first kappa shape index (κ1) is 18.2. The predicted octanol–water partition coefficient (Wildman–Crippen LogP) is 2.24. The van der Waals surface area contributed by atoms with E-state index in [0.29, 0.717) is 47.9 Å². The number of benzene rings is 1. The van der Waals surface area contributed by atoms with Gasteiger partial charge in [-0.15, -0.1) is 0 Å². The van der Waals surface area contributed by atoms with Gasteiger partial charge >= 0.3 is 0 Å². The minimum atomic E-state index is -0.453. The molecule has 1 aromatic carbocycles. The van der Waals surface area contributed by atoms with Crippen molar-refractivity contribution < 1.29 is 9.59 Å². The Morgan fingerprint density at radius 1 is 0.963 bits per heavy atom. The van der Waals surface area contributed by atoms with Gasteiger partial charge in [-0.1, -0.05) is 23.2 Å². The number of rotatable bonds is 3. The normalized spacial score (nSPS) is 21.2. The molecule has 7 nitrogen and oxygen atoms in total. The minimum absolute atomic E-state index is 0.168. The standard InChI is InChI=1S/C18H17Cl2N5O2/c19-13-3-2-12(10-14(13)20)25-16(26)11-15(17(25)27)23-6-8-24(9-7-23)18-21-4-1-5-22-18/h1-5,10,15H,6-9,11H2/t15-/m1/s1. The summed E-state index contributed by atoms with van der Waals surface area (Å²) in [4.78, 5) is 39.3. The Morgan fingerprint density at radius 2 is 1.67 bits per heavy atom. The predicted molar refractivity (Wildman–Crippen MR) is 103 cm³/mol. The number of aromatic nitrogens is 2. The van der Waals surface area contributed by atoms with Gasteiger partial charge in [-0.2, -0.15) is 0 Å². The van der Waals surface area contributed by atoms with Crippen molar-refractivity contribution in [2.24, 2.45) is 0 Å². The average molecular weight is 406 g/mol. The molecule has 4 rings (SSSR count). The number of nitrogens with zero attached hydrogens (tertiary/aromatic N) is 5. The largest absolute Gasteiger partial charge is 0.338 e. The fourth-order valence-corrected chi connectivity index (χ4v) is 3.78. The van der Waals surface area contributed by atoms with Crippen molar-refractivity contribution in [3.05, 3.63) is 46.7 Å². The summed E-state index contributed by atoms with van der Waals surface area (Å²) in [6, 6.07) is 6.10. The number of amides is 2. The van der Waals surface area contributed by atoms with Crippen LogP contribution in [0, 0.1) is 0 Å². The highest BCUT2D eigenvalue weighted by molar-refractivity contribution is 6.42. The van der Waals surface area contributed by atoms with Gasteiger partial charge in [0.2, 0.25) is 11.9 Å². The van der Waals surface area contributed by atoms with Gasteiger partial charge in [-0.3, -0.25) is 14.5 Å². The third-order valence-corrected chi connectivity index (χ3v) is 5.61. The molecular weight excluding hydrogens is 389 g/mol. The minimum Gasteiger partial charge on any atom is -0.338 e. The van der Waals surface area contributed by atoms with Crippen LogP contribution in [0.2, 0.25) is 10.0 Å². The van der Waals surface area contributed by atoms with E-state index in [9.17, 15) is 9.59 Å². The summed E-state index contributed by atoms with van der Waals surface area (Å²) in [5.41, 5.74) is 0.457. The first-order valence-corrected chi connectivity index (χ1v) is 9.38. The summed E-state index contributed by atoms with van der Waals surface area (Å²) in [6.45, 7) is 2.73. The highest BCUT2D eigenvalue weighted by atomic mass is 35.5. The van der Waals surface area contributed by atoms with E-state index in [0.717, 1.165) is 0 Å². The van der Waals surface area contributed by atoms with Crippen molar-refractivity contribution in [2.75, 3.05) is 36.0 Å². The molecule has 9 heteroatoms. The van der Waals surface area contributed by atoms with E-state index in [1.165, 1.54) is 4.90 Å². The number of halogens is 2.